The first-order chi connectivity index (χ1) is 8.96. The first-order valence-electron chi connectivity index (χ1n) is 6.05. The van der Waals surface area contributed by atoms with Crippen molar-refractivity contribution in [1.82, 2.24) is 4.90 Å². The highest BCUT2D eigenvalue weighted by Crippen LogP contribution is 2.28. The summed E-state index contributed by atoms with van der Waals surface area (Å²) in [7, 11) is 0. The van der Waals surface area contributed by atoms with E-state index in [0.29, 0.717) is 18.6 Å². The average molecular weight is 273 g/mol. The van der Waals surface area contributed by atoms with E-state index in [-0.39, 0.29) is 6.04 Å². The van der Waals surface area contributed by atoms with Gasteiger partial charge in [0, 0.05) is 12.1 Å². The summed E-state index contributed by atoms with van der Waals surface area (Å²) in [6.07, 6.45) is 1.71. The smallest absolute Gasteiger partial charge is 0.406 e. The summed E-state index contributed by atoms with van der Waals surface area (Å²) in [6.45, 7) is -1.20. The molecule has 0 aliphatic heterocycles. The van der Waals surface area contributed by atoms with Crippen LogP contribution in [-0.2, 0) is 4.79 Å². The molecule has 3 nitrogen and oxygen atoms in total. The average Bonchev–Trinajstić information content (AvgIpc) is 2.73. The molecule has 0 saturated heterocycles. The van der Waals surface area contributed by atoms with Crippen molar-refractivity contribution in [3.8, 4) is 0 Å². The van der Waals surface area contributed by atoms with Gasteiger partial charge in [-0.25, -0.2) is 0 Å². The van der Waals surface area contributed by atoms with Gasteiger partial charge in [0.2, 0.25) is 5.91 Å². The number of halogens is 3. The first-order valence-corrected chi connectivity index (χ1v) is 6.05. The molecule has 2 rings (SSSR count). The van der Waals surface area contributed by atoms with Gasteiger partial charge in [-0.2, -0.15) is 13.2 Å². The van der Waals surface area contributed by atoms with Gasteiger partial charge in [0.05, 0.1) is 6.26 Å². The van der Waals surface area contributed by atoms with E-state index in [1.807, 2.05) is 0 Å². The Bertz CT molecular complexity index is 447. The van der Waals surface area contributed by atoms with E-state index < -0.39 is 18.6 Å². The molecule has 19 heavy (non-hydrogen) atoms. The lowest BCUT2D eigenvalue weighted by Crippen LogP contribution is -2.48. The molecule has 0 bridgehead atoms. The van der Waals surface area contributed by atoms with Crippen LogP contribution in [0, 0.1) is 0 Å². The molecular formula is C13H14F3NO2. The van der Waals surface area contributed by atoms with Gasteiger partial charge in [0.1, 0.15) is 12.3 Å². The lowest BCUT2D eigenvalue weighted by atomic mass is 9.91. The van der Waals surface area contributed by atoms with Crippen LogP contribution in [0.2, 0.25) is 0 Å². The van der Waals surface area contributed by atoms with Crippen LogP contribution in [0.25, 0.3) is 6.08 Å². The highest BCUT2D eigenvalue weighted by atomic mass is 19.4. The lowest BCUT2D eigenvalue weighted by molar-refractivity contribution is -0.165. The van der Waals surface area contributed by atoms with E-state index in [9.17, 15) is 18.0 Å². The molecule has 1 fully saturated rings. The minimum atomic E-state index is -4.37. The van der Waals surface area contributed by atoms with Crippen LogP contribution < -0.4 is 0 Å². The van der Waals surface area contributed by atoms with Gasteiger partial charge >= 0.3 is 6.18 Å². The van der Waals surface area contributed by atoms with E-state index >= 15 is 0 Å². The molecule has 1 saturated carbocycles. The Labute approximate surface area is 108 Å². The third-order valence-corrected chi connectivity index (χ3v) is 3.08. The number of alkyl halides is 3. The topological polar surface area (TPSA) is 33.5 Å². The third kappa shape index (κ3) is 3.87. The highest BCUT2D eigenvalue weighted by molar-refractivity contribution is 5.91. The maximum Gasteiger partial charge on any atom is 0.406 e. The quantitative estimate of drug-likeness (QED) is 0.789. The molecule has 0 unspecified atom stereocenters. The number of hydrogen-bond acceptors (Lipinski definition) is 2. The molecule has 1 heterocycles. The molecule has 1 aliphatic rings. The number of rotatable bonds is 4. The number of carbonyl (C=O) groups is 1. The van der Waals surface area contributed by atoms with Crippen molar-refractivity contribution in [2.75, 3.05) is 6.54 Å². The molecule has 0 aromatic carbocycles. The summed E-state index contributed by atoms with van der Waals surface area (Å²) in [4.78, 5) is 12.7. The second-order valence-electron chi connectivity index (χ2n) is 4.51. The Morgan fingerprint density at radius 2 is 2.21 bits per heavy atom. The van der Waals surface area contributed by atoms with E-state index in [2.05, 4.69) is 0 Å². The van der Waals surface area contributed by atoms with Crippen LogP contribution in [-0.4, -0.2) is 29.6 Å². The fraction of sp³-hybridized carbons (Fsp3) is 0.462. The van der Waals surface area contributed by atoms with Crippen molar-refractivity contribution in [2.45, 2.75) is 31.5 Å². The third-order valence-electron chi connectivity index (χ3n) is 3.08. The summed E-state index contributed by atoms with van der Waals surface area (Å²) in [6, 6.07) is 2.97. The predicted molar refractivity (Wildman–Crippen MR) is 63.1 cm³/mol. The number of furan rings is 1. The van der Waals surface area contributed by atoms with Crippen LogP contribution in [0.1, 0.15) is 25.0 Å². The van der Waals surface area contributed by atoms with Gasteiger partial charge in [0.25, 0.3) is 0 Å². The molecule has 104 valence electrons. The van der Waals surface area contributed by atoms with Crippen molar-refractivity contribution in [3.63, 3.8) is 0 Å². The van der Waals surface area contributed by atoms with Crippen LogP contribution in [0.5, 0.6) is 0 Å². The molecule has 0 spiro atoms. The van der Waals surface area contributed by atoms with Gasteiger partial charge in [-0.3, -0.25) is 4.79 Å². The summed E-state index contributed by atoms with van der Waals surface area (Å²) in [5, 5.41) is 0. The molecule has 0 radical (unpaired) electrons. The fourth-order valence-corrected chi connectivity index (χ4v) is 1.91. The second-order valence-corrected chi connectivity index (χ2v) is 4.51. The standard InChI is InChI=1S/C13H14F3NO2/c14-13(15,16)9-17(10-3-1-4-10)12(18)7-6-11-5-2-8-19-11/h2,5-8,10H,1,3-4,9H2. The van der Waals surface area contributed by atoms with Gasteiger partial charge in [-0.15, -0.1) is 0 Å². The van der Waals surface area contributed by atoms with E-state index in [1.54, 1.807) is 12.1 Å². The zero-order chi connectivity index (χ0) is 13.9. The van der Waals surface area contributed by atoms with Crippen molar-refractivity contribution >= 4 is 12.0 Å². The van der Waals surface area contributed by atoms with E-state index in [4.69, 9.17) is 4.42 Å². The first kappa shape index (κ1) is 13.7. The Hall–Kier alpha value is -1.72. The summed E-state index contributed by atoms with van der Waals surface area (Å²) >= 11 is 0. The molecule has 0 atom stereocenters. The van der Waals surface area contributed by atoms with Gasteiger partial charge in [0.15, 0.2) is 0 Å². The van der Waals surface area contributed by atoms with Crippen molar-refractivity contribution in [3.05, 3.63) is 30.2 Å². The van der Waals surface area contributed by atoms with Crippen molar-refractivity contribution in [1.29, 1.82) is 0 Å². The van der Waals surface area contributed by atoms with Gasteiger partial charge in [-0.05, 0) is 37.5 Å². The van der Waals surface area contributed by atoms with Crippen LogP contribution in [0.4, 0.5) is 13.2 Å². The Kier molecular flexibility index (Phi) is 3.97. The predicted octanol–water partition coefficient (Wildman–Crippen LogP) is 3.24. The Morgan fingerprint density at radius 3 is 2.68 bits per heavy atom. The Balaban J connectivity index is 2.02. The molecule has 0 N–H and O–H groups in total. The largest absolute Gasteiger partial charge is 0.465 e. The maximum absolute atomic E-state index is 12.5. The van der Waals surface area contributed by atoms with Crippen LogP contribution >= 0.6 is 0 Å². The molecule has 1 aliphatic carbocycles. The normalized spacial score (nSPS) is 16.6. The summed E-state index contributed by atoms with van der Waals surface area (Å²) in [5.74, 6) is -0.188. The number of nitrogens with zero attached hydrogens (tertiary/aromatic N) is 1. The van der Waals surface area contributed by atoms with Crippen molar-refractivity contribution < 1.29 is 22.4 Å². The monoisotopic (exact) mass is 273 g/mol. The summed E-state index contributed by atoms with van der Waals surface area (Å²) < 4.78 is 42.4. The zero-order valence-electron chi connectivity index (χ0n) is 10.2. The van der Waals surface area contributed by atoms with Crippen LogP contribution in [0.3, 0.4) is 0 Å². The minimum Gasteiger partial charge on any atom is -0.465 e. The fourth-order valence-electron chi connectivity index (χ4n) is 1.91. The highest BCUT2D eigenvalue weighted by Gasteiger charge is 2.37. The number of amides is 1. The molecule has 1 aromatic heterocycles. The maximum atomic E-state index is 12.5. The molecule has 1 aromatic rings. The Morgan fingerprint density at radius 1 is 1.47 bits per heavy atom. The zero-order valence-corrected chi connectivity index (χ0v) is 10.2. The SMILES string of the molecule is O=C(C=Cc1ccco1)N(CC(F)(F)F)C1CCC1. The minimum absolute atomic E-state index is 0.296. The molecule has 1 amide bonds. The van der Waals surface area contributed by atoms with Crippen molar-refractivity contribution in [2.24, 2.45) is 0 Å². The van der Waals surface area contributed by atoms with Gasteiger partial charge < -0.3 is 9.32 Å². The van der Waals surface area contributed by atoms with Gasteiger partial charge in [-0.1, -0.05) is 0 Å². The second kappa shape index (κ2) is 5.50. The van der Waals surface area contributed by atoms with E-state index in [1.165, 1.54) is 12.3 Å². The summed E-state index contributed by atoms with van der Waals surface area (Å²) in [5.41, 5.74) is 0. The number of carbonyl (C=O) groups excluding carboxylic acids is 1. The van der Waals surface area contributed by atoms with Crippen LogP contribution in [0.15, 0.2) is 28.9 Å². The number of hydrogen-bond donors (Lipinski definition) is 0. The lowest BCUT2D eigenvalue weighted by Gasteiger charge is -2.37. The van der Waals surface area contributed by atoms with E-state index in [0.717, 1.165) is 17.4 Å². The molecule has 6 heteroatoms. The molecular weight excluding hydrogens is 259 g/mol.